The number of aryl methyl sites for hydroxylation is 1. The molecule has 1 saturated heterocycles. The predicted octanol–water partition coefficient (Wildman–Crippen LogP) is 3.39. The SMILES string of the molecule is Cc1csc(CNC(=O)N(C)Cc2ccccc2N2CCCC2)n1. The van der Waals surface area contributed by atoms with E-state index in [1.54, 1.807) is 16.2 Å². The lowest BCUT2D eigenvalue weighted by molar-refractivity contribution is 0.206. The molecule has 1 aliphatic heterocycles. The van der Waals surface area contributed by atoms with E-state index >= 15 is 0 Å². The lowest BCUT2D eigenvalue weighted by Crippen LogP contribution is -2.36. The highest BCUT2D eigenvalue weighted by Gasteiger charge is 2.17. The number of thiazole rings is 1. The van der Waals surface area contributed by atoms with E-state index in [4.69, 9.17) is 0 Å². The van der Waals surface area contributed by atoms with E-state index in [1.165, 1.54) is 24.1 Å². The predicted molar refractivity (Wildman–Crippen MR) is 98.4 cm³/mol. The minimum Gasteiger partial charge on any atom is -0.371 e. The second kappa shape index (κ2) is 7.66. The Morgan fingerprint density at radius 3 is 2.79 bits per heavy atom. The minimum atomic E-state index is -0.0703. The number of carbonyl (C=O) groups excluding carboxylic acids is 1. The van der Waals surface area contributed by atoms with E-state index in [-0.39, 0.29) is 6.03 Å². The highest BCUT2D eigenvalue weighted by atomic mass is 32.1. The standard InChI is InChI=1S/C18H24N4OS/c1-14-13-24-17(20-14)11-19-18(23)21(2)12-15-7-3-4-8-16(15)22-9-5-6-10-22/h3-4,7-8,13H,5-6,9-12H2,1-2H3,(H,19,23). The van der Waals surface area contributed by atoms with Gasteiger partial charge in [-0.25, -0.2) is 9.78 Å². The molecule has 1 aromatic carbocycles. The number of carbonyl (C=O) groups is 1. The van der Waals surface area contributed by atoms with Crippen LogP contribution >= 0.6 is 11.3 Å². The molecule has 2 amide bonds. The molecular weight excluding hydrogens is 320 g/mol. The molecule has 2 heterocycles. The van der Waals surface area contributed by atoms with E-state index in [0.29, 0.717) is 13.1 Å². The van der Waals surface area contributed by atoms with Crippen LogP contribution in [0.2, 0.25) is 0 Å². The lowest BCUT2D eigenvalue weighted by Gasteiger charge is -2.24. The van der Waals surface area contributed by atoms with Crippen molar-refractivity contribution in [2.45, 2.75) is 32.9 Å². The molecule has 0 bridgehead atoms. The monoisotopic (exact) mass is 344 g/mol. The summed E-state index contributed by atoms with van der Waals surface area (Å²) in [5.74, 6) is 0. The molecule has 0 aliphatic carbocycles. The first kappa shape index (κ1) is 16.8. The summed E-state index contributed by atoms with van der Waals surface area (Å²) in [5.41, 5.74) is 3.45. The van der Waals surface area contributed by atoms with Gasteiger partial charge in [0.15, 0.2) is 0 Å². The zero-order valence-electron chi connectivity index (χ0n) is 14.3. The topological polar surface area (TPSA) is 48.5 Å². The third-order valence-corrected chi connectivity index (χ3v) is 5.22. The van der Waals surface area contributed by atoms with E-state index in [9.17, 15) is 4.79 Å². The maximum atomic E-state index is 12.3. The van der Waals surface area contributed by atoms with Gasteiger partial charge in [-0.2, -0.15) is 0 Å². The number of urea groups is 1. The summed E-state index contributed by atoms with van der Waals surface area (Å²) in [6.07, 6.45) is 2.50. The van der Waals surface area contributed by atoms with Crippen molar-refractivity contribution in [2.24, 2.45) is 0 Å². The van der Waals surface area contributed by atoms with Gasteiger partial charge < -0.3 is 15.1 Å². The van der Waals surface area contributed by atoms with Crippen molar-refractivity contribution in [3.8, 4) is 0 Å². The van der Waals surface area contributed by atoms with Gasteiger partial charge in [-0.05, 0) is 31.4 Å². The Hall–Kier alpha value is -2.08. The van der Waals surface area contributed by atoms with Crippen molar-refractivity contribution in [1.82, 2.24) is 15.2 Å². The third-order valence-electron chi connectivity index (χ3n) is 4.25. The van der Waals surface area contributed by atoms with Gasteiger partial charge in [-0.3, -0.25) is 0 Å². The fourth-order valence-electron chi connectivity index (χ4n) is 3.01. The van der Waals surface area contributed by atoms with Crippen LogP contribution in [0.1, 0.15) is 29.1 Å². The van der Waals surface area contributed by atoms with Crippen molar-refractivity contribution in [2.75, 3.05) is 25.0 Å². The number of hydrogen-bond donors (Lipinski definition) is 1. The summed E-state index contributed by atoms with van der Waals surface area (Å²) in [6.45, 7) is 5.26. The van der Waals surface area contributed by atoms with Crippen molar-refractivity contribution < 1.29 is 4.79 Å². The number of nitrogens with zero attached hydrogens (tertiary/aromatic N) is 3. The van der Waals surface area contributed by atoms with Crippen LogP contribution < -0.4 is 10.2 Å². The van der Waals surface area contributed by atoms with Crippen LogP contribution in [0.3, 0.4) is 0 Å². The van der Waals surface area contributed by atoms with Crippen LogP contribution in [0, 0.1) is 6.92 Å². The van der Waals surface area contributed by atoms with Gasteiger partial charge in [0.05, 0.1) is 6.54 Å². The first-order valence-electron chi connectivity index (χ1n) is 8.36. The van der Waals surface area contributed by atoms with Crippen LogP contribution in [0.5, 0.6) is 0 Å². The number of benzene rings is 1. The molecule has 0 atom stereocenters. The Kier molecular flexibility index (Phi) is 5.35. The van der Waals surface area contributed by atoms with E-state index in [2.05, 4.69) is 33.4 Å². The largest absolute Gasteiger partial charge is 0.371 e. The van der Waals surface area contributed by atoms with Crippen molar-refractivity contribution in [1.29, 1.82) is 0 Å². The normalized spacial score (nSPS) is 14.0. The molecule has 1 fully saturated rings. The quantitative estimate of drug-likeness (QED) is 0.904. The van der Waals surface area contributed by atoms with Gasteiger partial charge in [0.25, 0.3) is 0 Å². The van der Waals surface area contributed by atoms with Crippen molar-refractivity contribution in [3.05, 3.63) is 45.9 Å². The van der Waals surface area contributed by atoms with Crippen LogP contribution in [-0.4, -0.2) is 36.1 Å². The van der Waals surface area contributed by atoms with Crippen LogP contribution in [0.4, 0.5) is 10.5 Å². The smallest absolute Gasteiger partial charge is 0.317 e. The number of hydrogen-bond acceptors (Lipinski definition) is 4. The maximum absolute atomic E-state index is 12.3. The van der Waals surface area contributed by atoms with Crippen LogP contribution in [0.15, 0.2) is 29.6 Å². The minimum absolute atomic E-state index is 0.0703. The number of aromatic nitrogens is 1. The molecule has 24 heavy (non-hydrogen) atoms. The molecule has 1 aromatic heterocycles. The molecule has 0 saturated carbocycles. The molecule has 3 rings (SSSR count). The van der Waals surface area contributed by atoms with Gasteiger partial charge in [-0.15, -0.1) is 11.3 Å². The zero-order chi connectivity index (χ0) is 16.9. The first-order chi connectivity index (χ1) is 11.6. The second-order valence-corrected chi connectivity index (χ2v) is 7.16. The molecule has 1 N–H and O–H groups in total. The first-order valence-corrected chi connectivity index (χ1v) is 9.24. The molecule has 128 valence electrons. The van der Waals surface area contributed by atoms with E-state index in [1.807, 2.05) is 25.4 Å². The number of rotatable bonds is 5. The lowest BCUT2D eigenvalue weighted by atomic mass is 10.1. The van der Waals surface area contributed by atoms with Crippen LogP contribution in [-0.2, 0) is 13.1 Å². The Labute approximate surface area is 147 Å². The summed E-state index contributed by atoms with van der Waals surface area (Å²) in [5, 5.41) is 5.88. The fraction of sp³-hybridized carbons (Fsp3) is 0.444. The van der Waals surface area contributed by atoms with Crippen LogP contribution in [0.25, 0.3) is 0 Å². The molecule has 0 unspecified atom stereocenters. The summed E-state index contributed by atoms with van der Waals surface area (Å²) in [7, 11) is 1.84. The van der Waals surface area contributed by atoms with E-state index < -0.39 is 0 Å². The summed E-state index contributed by atoms with van der Waals surface area (Å²) in [6, 6.07) is 8.31. The van der Waals surface area contributed by atoms with Crippen molar-refractivity contribution >= 4 is 23.1 Å². The Morgan fingerprint density at radius 2 is 2.08 bits per heavy atom. The second-order valence-electron chi connectivity index (χ2n) is 6.22. The van der Waals surface area contributed by atoms with Gasteiger partial charge in [0, 0.05) is 43.4 Å². The molecule has 0 spiro atoms. The average molecular weight is 344 g/mol. The van der Waals surface area contributed by atoms with E-state index in [0.717, 1.165) is 23.8 Å². The highest BCUT2D eigenvalue weighted by molar-refractivity contribution is 7.09. The number of para-hydroxylation sites is 1. The molecule has 5 nitrogen and oxygen atoms in total. The fourth-order valence-corrected chi connectivity index (χ4v) is 3.72. The Bertz CT molecular complexity index is 694. The molecule has 1 aliphatic rings. The highest BCUT2D eigenvalue weighted by Crippen LogP contribution is 2.25. The summed E-state index contributed by atoms with van der Waals surface area (Å²) >= 11 is 1.58. The zero-order valence-corrected chi connectivity index (χ0v) is 15.1. The Balaban J connectivity index is 1.59. The number of anilines is 1. The van der Waals surface area contributed by atoms with Gasteiger partial charge in [0.2, 0.25) is 0 Å². The third kappa shape index (κ3) is 4.06. The maximum Gasteiger partial charge on any atom is 0.317 e. The van der Waals surface area contributed by atoms with Crippen molar-refractivity contribution in [3.63, 3.8) is 0 Å². The summed E-state index contributed by atoms with van der Waals surface area (Å²) in [4.78, 5) is 20.9. The molecule has 0 radical (unpaired) electrons. The molecule has 6 heteroatoms. The number of amides is 2. The molecule has 2 aromatic rings. The van der Waals surface area contributed by atoms with Gasteiger partial charge >= 0.3 is 6.03 Å². The van der Waals surface area contributed by atoms with Gasteiger partial charge in [-0.1, -0.05) is 18.2 Å². The van der Waals surface area contributed by atoms with Gasteiger partial charge in [0.1, 0.15) is 5.01 Å². The Morgan fingerprint density at radius 1 is 1.33 bits per heavy atom. The number of nitrogens with one attached hydrogen (secondary N) is 1. The molecular formula is C18H24N4OS. The average Bonchev–Trinajstić information content (AvgIpc) is 3.24. The summed E-state index contributed by atoms with van der Waals surface area (Å²) < 4.78 is 0.